The molecule has 1 fully saturated rings. The predicted octanol–water partition coefficient (Wildman–Crippen LogP) is 2.48. The smallest absolute Gasteiger partial charge is 0.00645 e. The van der Waals surface area contributed by atoms with Crippen LogP contribution in [0.25, 0.3) is 0 Å². The maximum atomic E-state index is 5.69. The van der Waals surface area contributed by atoms with Crippen LogP contribution in [0.4, 0.5) is 0 Å². The molecule has 1 aliphatic rings. The van der Waals surface area contributed by atoms with Crippen molar-refractivity contribution in [2.75, 3.05) is 19.6 Å². The fourth-order valence-electron chi connectivity index (χ4n) is 2.81. The molecule has 0 bridgehead atoms. The van der Waals surface area contributed by atoms with Crippen molar-refractivity contribution in [3.63, 3.8) is 0 Å². The zero-order chi connectivity index (χ0) is 11.5. The summed E-state index contributed by atoms with van der Waals surface area (Å²) in [6.45, 7) is 12.8. The molecule has 1 rings (SSSR count). The van der Waals surface area contributed by atoms with E-state index in [0.29, 0.717) is 5.41 Å². The number of piperidine rings is 1. The molecule has 1 aliphatic heterocycles. The Kier molecular flexibility index (Phi) is 4.60. The highest BCUT2D eigenvalue weighted by molar-refractivity contribution is 4.88. The number of rotatable bonds is 4. The van der Waals surface area contributed by atoms with Crippen molar-refractivity contribution in [3.05, 3.63) is 0 Å². The lowest BCUT2D eigenvalue weighted by molar-refractivity contribution is 0.0286. The van der Waals surface area contributed by atoms with Gasteiger partial charge in [-0.25, -0.2) is 0 Å². The quantitative estimate of drug-likeness (QED) is 0.776. The summed E-state index contributed by atoms with van der Waals surface area (Å²) in [5.41, 5.74) is 6.13. The number of hydrogen-bond donors (Lipinski definition) is 1. The van der Waals surface area contributed by atoms with Gasteiger partial charge in [0.2, 0.25) is 0 Å². The average Bonchev–Trinajstić information content (AvgIpc) is 2.19. The van der Waals surface area contributed by atoms with E-state index in [2.05, 4.69) is 32.6 Å². The van der Waals surface area contributed by atoms with Gasteiger partial charge in [-0.3, -0.25) is 0 Å². The molecule has 2 heteroatoms. The molecule has 0 aromatic heterocycles. The van der Waals surface area contributed by atoms with Crippen molar-refractivity contribution in [1.82, 2.24) is 4.90 Å². The van der Waals surface area contributed by atoms with E-state index in [0.717, 1.165) is 18.5 Å². The second kappa shape index (κ2) is 5.31. The molecule has 15 heavy (non-hydrogen) atoms. The van der Waals surface area contributed by atoms with Crippen molar-refractivity contribution in [3.8, 4) is 0 Å². The van der Waals surface area contributed by atoms with E-state index >= 15 is 0 Å². The van der Waals surface area contributed by atoms with Crippen molar-refractivity contribution >= 4 is 0 Å². The SMILES string of the molecule is CCC(C)N1CCC(CCN)C(C)(C)C1. The Morgan fingerprint density at radius 2 is 2.13 bits per heavy atom. The Morgan fingerprint density at radius 1 is 1.47 bits per heavy atom. The van der Waals surface area contributed by atoms with Crippen molar-refractivity contribution < 1.29 is 0 Å². The Bertz CT molecular complexity index is 189. The minimum absolute atomic E-state index is 0.445. The lowest BCUT2D eigenvalue weighted by Gasteiger charge is -2.46. The standard InChI is InChI=1S/C13H28N2/c1-5-11(2)15-9-7-12(6-8-14)13(3,4)10-15/h11-12H,5-10,14H2,1-4H3. The minimum atomic E-state index is 0.445. The molecule has 90 valence electrons. The van der Waals surface area contributed by atoms with Gasteiger partial charge in [0.1, 0.15) is 0 Å². The number of hydrogen-bond acceptors (Lipinski definition) is 2. The maximum Gasteiger partial charge on any atom is 0.00645 e. The van der Waals surface area contributed by atoms with Crippen LogP contribution < -0.4 is 5.73 Å². The first-order valence-electron chi connectivity index (χ1n) is 6.45. The molecule has 0 amide bonds. The lowest BCUT2D eigenvalue weighted by atomic mass is 9.72. The lowest BCUT2D eigenvalue weighted by Crippen LogP contribution is -2.49. The van der Waals surface area contributed by atoms with E-state index in [4.69, 9.17) is 5.73 Å². The van der Waals surface area contributed by atoms with Gasteiger partial charge in [0.25, 0.3) is 0 Å². The Balaban J connectivity index is 2.56. The zero-order valence-corrected chi connectivity index (χ0v) is 10.9. The molecule has 2 atom stereocenters. The molecule has 0 radical (unpaired) electrons. The van der Waals surface area contributed by atoms with E-state index in [-0.39, 0.29) is 0 Å². The fourth-order valence-corrected chi connectivity index (χ4v) is 2.81. The van der Waals surface area contributed by atoms with Crippen LogP contribution in [0.2, 0.25) is 0 Å². The molecule has 0 saturated carbocycles. The van der Waals surface area contributed by atoms with Gasteiger partial charge in [-0.1, -0.05) is 20.8 Å². The van der Waals surface area contributed by atoms with E-state index < -0.39 is 0 Å². The van der Waals surface area contributed by atoms with E-state index in [1.807, 2.05) is 0 Å². The highest BCUT2D eigenvalue weighted by Crippen LogP contribution is 2.37. The van der Waals surface area contributed by atoms with Gasteiger partial charge < -0.3 is 10.6 Å². The largest absolute Gasteiger partial charge is 0.330 e. The van der Waals surface area contributed by atoms with Gasteiger partial charge in [0.15, 0.2) is 0 Å². The molecule has 0 spiro atoms. The third-order valence-electron chi connectivity index (χ3n) is 4.21. The number of nitrogens with two attached hydrogens (primary N) is 1. The van der Waals surface area contributed by atoms with Crippen molar-refractivity contribution in [2.45, 2.75) is 53.0 Å². The van der Waals surface area contributed by atoms with Crippen LogP contribution >= 0.6 is 0 Å². The highest BCUT2D eigenvalue weighted by atomic mass is 15.2. The maximum absolute atomic E-state index is 5.69. The summed E-state index contributed by atoms with van der Waals surface area (Å²) in [6, 6.07) is 0.739. The normalized spacial score (nSPS) is 29.0. The Hall–Kier alpha value is -0.0800. The highest BCUT2D eigenvalue weighted by Gasteiger charge is 2.36. The first-order chi connectivity index (χ1) is 7.01. The van der Waals surface area contributed by atoms with Gasteiger partial charge >= 0.3 is 0 Å². The van der Waals surface area contributed by atoms with Crippen LogP contribution in [0.1, 0.15) is 47.0 Å². The monoisotopic (exact) mass is 212 g/mol. The van der Waals surface area contributed by atoms with Crippen molar-refractivity contribution in [1.29, 1.82) is 0 Å². The van der Waals surface area contributed by atoms with Crippen LogP contribution in [0.3, 0.4) is 0 Å². The van der Waals surface area contributed by atoms with E-state index in [1.165, 1.54) is 32.4 Å². The summed E-state index contributed by atoms with van der Waals surface area (Å²) in [4.78, 5) is 2.65. The van der Waals surface area contributed by atoms with Crippen LogP contribution in [0.5, 0.6) is 0 Å². The molecular formula is C13H28N2. The summed E-state index contributed by atoms with van der Waals surface area (Å²) in [5.74, 6) is 0.822. The number of likely N-dealkylation sites (tertiary alicyclic amines) is 1. The van der Waals surface area contributed by atoms with Gasteiger partial charge in [0, 0.05) is 12.6 Å². The number of nitrogens with zero attached hydrogens (tertiary/aromatic N) is 1. The van der Waals surface area contributed by atoms with E-state index in [1.54, 1.807) is 0 Å². The molecular weight excluding hydrogens is 184 g/mol. The van der Waals surface area contributed by atoms with Crippen LogP contribution in [-0.4, -0.2) is 30.6 Å². The summed E-state index contributed by atoms with van der Waals surface area (Å²) in [7, 11) is 0. The van der Waals surface area contributed by atoms with Gasteiger partial charge in [-0.15, -0.1) is 0 Å². The zero-order valence-electron chi connectivity index (χ0n) is 10.9. The molecule has 2 unspecified atom stereocenters. The second-order valence-electron chi connectivity index (χ2n) is 5.78. The summed E-state index contributed by atoms with van der Waals surface area (Å²) < 4.78 is 0. The summed E-state index contributed by atoms with van der Waals surface area (Å²) in [6.07, 6.45) is 3.79. The molecule has 2 N–H and O–H groups in total. The first-order valence-corrected chi connectivity index (χ1v) is 6.45. The Morgan fingerprint density at radius 3 is 2.60 bits per heavy atom. The van der Waals surface area contributed by atoms with Crippen LogP contribution in [0, 0.1) is 11.3 Å². The second-order valence-corrected chi connectivity index (χ2v) is 5.78. The van der Waals surface area contributed by atoms with Crippen LogP contribution in [0.15, 0.2) is 0 Å². The molecule has 0 aromatic rings. The molecule has 1 saturated heterocycles. The molecule has 0 aliphatic carbocycles. The van der Waals surface area contributed by atoms with Gasteiger partial charge in [-0.2, -0.15) is 0 Å². The molecule has 1 heterocycles. The third kappa shape index (κ3) is 3.18. The first kappa shape index (κ1) is 13.0. The van der Waals surface area contributed by atoms with Crippen molar-refractivity contribution in [2.24, 2.45) is 17.1 Å². The van der Waals surface area contributed by atoms with E-state index in [9.17, 15) is 0 Å². The summed E-state index contributed by atoms with van der Waals surface area (Å²) in [5, 5.41) is 0. The molecule has 2 nitrogen and oxygen atoms in total. The summed E-state index contributed by atoms with van der Waals surface area (Å²) >= 11 is 0. The fraction of sp³-hybridized carbons (Fsp3) is 1.00. The third-order valence-corrected chi connectivity index (χ3v) is 4.21. The average molecular weight is 212 g/mol. The Labute approximate surface area is 95.2 Å². The predicted molar refractivity (Wildman–Crippen MR) is 66.9 cm³/mol. The topological polar surface area (TPSA) is 29.3 Å². The van der Waals surface area contributed by atoms with Gasteiger partial charge in [-0.05, 0) is 50.6 Å². The van der Waals surface area contributed by atoms with Gasteiger partial charge in [0.05, 0.1) is 0 Å². The minimum Gasteiger partial charge on any atom is -0.330 e. The van der Waals surface area contributed by atoms with Crippen LogP contribution in [-0.2, 0) is 0 Å². The molecule has 0 aromatic carbocycles.